The molecule has 55 heavy (non-hydrogen) atoms. The molecule has 9 nitrogen and oxygen atoms in total. The van der Waals surface area contributed by atoms with Crippen LogP contribution in [0.1, 0.15) is 61.1 Å². The molecule has 278 valence electrons. The van der Waals surface area contributed by atoms with Crippen LogP contribution in [0.3, 0.4) is 0 Å². The number of benzene rings is 2. The maximum Gasteiger partial charge on any atom is 0.226 e. The van der Waals surface area contributed by atoms with E-state index in [2.05, 4.69) is 55.1 Å². The number of carbonyl (C=O) groups is 1. The quantitative estimate of drug-likeness (QED) is 0.175. The van der Waals surface area contributed by atoms with Crippen LogP contribution >= 0.6 is 23.2 Å². The highest BCUT2D eigenvalue weighted by Crippen LogP contribution is 2.54. The summed E-state index contributed by atoms with van der Waals surface area (Å²) in [6.45, 7) is 4.48. The lowest BCUT2D eigenvalue weighted by molar-refractivity contribution is -0.135. The standard InChI is InChI=1S/C43H39Cl2FN8O/c1-22-30-18-34(41-26-14-28(53(41)43(55)23-7-8-23)21-52(20-26)27-9-12-51-13-11-48-35(51)17-27)54(40-25-16-33(40)49-19-25)42(30)31-15-24(4-3-10-47)36(38(46)39(31)50-22)29-5-2-6-32(44)37(29)45/h2,5-6,9,11-13,15,17-18,23,25-26,28,33,40-41,49H,3-4,7-8,14,16,19-21H2,1H3. The van der Waals surface area contributed by atoms with Gasteiger partial charge in [0.15, 0.2) is 5.82 Å². The summed E-state index contributed by atoms with van der Waals surface area (Å²) in [4.78, 5) is 28.7. The molecule has 6 atom stereocenters. The van der Waals surface area contributed by atoms with Crippen molar-refractivity contribution >= 4 is 62.2 Å². The molecule has 4 aliphatic heterocycles. The van der Waals surface area contributed by atoms with Gasteiger partial charge in [0, 0.05) is 108 Å². The number of nitrogens with zero attached hydrogens (tertiary/aromatic N) is 7. The van der Waals surface area contributed by atoms with Crippen molar-refractivity contribution in [2.45, 2.75) is 69.6 Å². The number of carbonyl (C=O) groups excluding carboxylic acids is 1. The summed E-state index contributed by atoms with van der Waals surface area (Å²) in [5.74, 6) is 0.512. The van der Waals surface area contributed by atoms with Gasteiger partial charge in [-0.2, -0.15) is 5.26 Å². The Morgan fingerprint density at radius 3 is 2.73 bits per heavy atom. The van der Waals surface area contributed by atoms with Crippen molar-refractivity contribution in [1.29, 1.82) is 5.26 Å². The smallest absolute Gasteiger partial charge is 0.226 e. The Bertz CT molecular complexity index is 2630. The minimum absolute atomic E-state index is 0.0755. The van der Waals surface area contributed by atoms with Crippen molar-refractivity contribution in [3.63, 3.8) is 0 Å². The van der Waals surface area contributed by atoms with Gasteiger partial charge in [0.2, 0.25) is 5.91 Å². The molecule has 12 heteroatoms. The fraction of sp³-hybridized carbons (Fsp3) is 0.395. The largest absolute Gasteiger partial charge is 0.369 e. The van der Waals surface area contributed by atoms with E-state index < -0.39 is 5.82 Å². The van der Waals surface area contributed by atoms with Crippen LogP contribution in [0, 0.1) is 41.8 Å². The zero-order chi connectivity index (χ0) is 37.3. The van der Waals surface area contributed by atoms with Crippen LogP contribution in [0.15, 0.2) is 61.1 Å². The molecule has 0 spiro atoms. The summed E-state index contributed by atoms with van der Waals surface area (Å²) in [5.41, 5.74) is 6.65. The number of anilines is 1. The van der Waals surface area contributed by atoms with Gasteiger partial charge in [-0.05, 0) is 74.8 Å². The first kappa shape index (κ1) is 33.6. The molecule has 1 N–H and O–H groups in total. The molecule has 8 heterocycles. The van der Waals surface area contributed by atoms with Gasteiger partial charge in [-0.25, -0.2) is 14.4 Å². The van der Waals surface area contributed by atoms with Crippen LogP contribution in [-0.4, -0.2) is 61.5 Å². The minimum Gasteiger partial charge on any atom is -0.369 e. The SMILES string of the molecule is Cc1nc2c(F)c(-c3cccc(Cl)c3Cl)c(CCC#N)cc2c2c1cc(C1C3CC(CN(c4ccn5ccnc5c4)C3)N1C(=O)C1CC1)n2C1C2CNC1C2. The number of amides is 1. The summed E-state index contributed by atoms with van der Waals surface area (Å²) in [7, 11) is 0. The molecule has 6 aromatic rings. The summed E-state index contributed by atoms with van der Waals surface area (Å²) in [6.07, 6.45) is 10.3. The van der Waals surface area contributed by atoms with Gasteiger partial charge in [0.1, 0.15) is 11.2 Å². The molecule has 2 aliphatic carbocycles. The number of rotatable bonds is 7. The third-order valence-electron chi connectivity index (χ3n) is 13.3. The van der Waals surface area contributed by atoms with Gasteiger partial charge in [0.05, 0.1) is 39.8 Å². The normalized spacial score (nSPS) is 25.7. The zero-order valence-electron chi connectivity index (χ0n) is 30.4. The highest BCUT2D eigenvalue weighted by atomic mass is 35.5. The van der Waals surface area contributed by atoms with Gasteiger partial charge in [0.25, 0.3) is 0 Å². The molecule has 6 aliphatic rings. The van der Waals surface area contributed by atoms with Gasteiger partial charge >= 0.3 is 0 Å². The van der Waals surface area contributed by atoms with E-state index in [-0.39, 0.29) is 52.8 Å². The van der Waals surface area contributed by atoms with Crippen molar-refractivity contribution < 1.29 is 9.18 Å². The molecule has 0 radical (unpaired) electrons. The molecule has 2 aromatic carbocycles. The minimum atomic E-state index is -0.462. The number of halogens is 3. The van der Waals surface area contributed by atoms with Gasteiger partial charge in [-0.15, -0.1) is 0 Å². The predicted molar refractivity (Wildman–Crippen MR) is 212 cm³/mol. The number of aromatic nitrogens is 4. The second-order valence-corrected chi connectivity index (χ2v) is 17.2. The van der Waals surface area contributed by atoms with Crippen molar-refractivity contribution in [2.24, 2.45) is 17.8 Å². The van der Waals surface area contributed by atoms with Crippen molar-refractivity contribution in [3.8, 4) is 17.2 Å². The number of nitriles is 1. The van der Waals surface area contributed by atoms with Crippen LogP contribution in [0.2, 0.25) is 10.0 Å². The number of fused-ring (bicyclic) bond motifs is 7. The summed E-state index contributed by atoms with van der Waals surface area (Å²) >= 11 is 13.2. The van der Waals surface area contributed by atoms with Gasteiger partial charge in [-0.3, -0.25) is 4.79 Å². The van der Waals surface area contributed by atoms with E-state index in [0.29, 0.717) is 40.1 Å². The fourth-order valence-corrected chi connectivity index (χ4v) is 11.0. The Labute approximate surface area is 327 Å². The topological polar surface area (TPSA) is 94.5 Å². The lowest BCUT2D eigenvalue weighted by Crippen LogP contribution is -2.45. The lowest BCUT2D eigenvalue weighted by atomic mass is 9.79. The maximum absolute atomic E-state index is 17.4. The number of aryl methyl sites for hydroxylation is 2. The lowest BCUT2D eigenvalue weighted by Gasteiger charge is -2.40. The predicted octanol–water partition coefficient (Wildman–Crippen LogP) is 8.44. The Morgan fingerprint density at radius 1 is 1.07 bits per heavy atom. The number of imidazole rings is 1. The summed E-state index contributed by atoms with van der Waals surface area (Å²) < 4.78 is 21.9. The van der Waals surface area contributed by atoms with Crippen LogP contribution < -0.4 is 10.2 Å². The van der Waals surface area contributed by atoms with Gasteiger partial charge in [-0.1, -0.05) is 35.3 Å². The first-order valence-corrected chi connectivity index (χ1v) is 20.3. The Hall–Kier alpha value is -4.69. The highest BCUT2D eigenvalue weighted by Gasteiger charge is 2.55. The summed E-state index contributed by atoms with van der Waals surface area (Å²) in [6, 6.07) is 16.5. The van der Waals surface area contributed by atoms with E-state index in [4.69, 9.17) is 28.2 Å². The number of hydrogen-bond acceptors (Lipinski definition) is 6. The van der Waals surface area contributed by atoms with E-state index in [0.717, 1.165) is 84.3 Å². The third kappa shape index (κ3) is 5.02. The summed E-state index contributed by atoms with van der Waals surface area (Å²) in [5, 5.41) is 15.7. The third-order valence-corrected chi connectivity index (χ3v) is 14.1. The van der Waals surface area contributed by atoms with Crippen LogP contribution in [0.4, 0.5) is 10.1 Å². The average molecular weight is 774 g/mol. The van der Waals surface area contributed by atoms with Crippen molar-refractivity contribution in [1.82, 2.24) is 29.2 Å². The molecular weight excluding hydrogens is 734 g/mol. The fourth-order valence-electron chi connectivity index (χ4n) is 10.6. The second-order valence-electron chi connectivity index (χ2n) is 16.4. The number of nitrogens with one attached hydrogen (secondary N) is 1. The highest BCUT2D eigenvalue weighted by molar-refractivity contribution is 6.43. The Kier molecular flexibility index (Phi) is 7.59. The zero-order valence-corrected chi connectivity index (χ0v) is 31.9. The molecule has 4 bridgehead atoms. The average Bonchev–Trinajstić information content (AvgIpc) is 3.55. The van der Waals surface area contributed by atoms with Crippen molar-refractivity contribution in [2.75, 3.05) is 24.5 Å². The molecular formula is C43H39Cl2FN8O. The molecule has 4 aromatic heterocycles. The van der Waals surface area contributed by atoms with E-state index in [1.165, 1.54) is 0 Å². The number of pyridine rings is 2. The molecule has 4 saturated heterocycles. The molecule has 2 saturated carbocycles. The Balaban J connectivity index is 1.13. The molecule has 1 amide bonds. The number of piperidine rings is 1. The molecule has 12 rings (SSSR count). The second kappa shape index (κ2) is 12.4. The number of hydrogen-bond donors (Lipinski definition) is 1. The van der Waals surface area contributed by atoms with Crippen LogP contribution in [0.25, 0.3) is 38.6 Å². The Morgan fingerprint density at radius 2 is 1.95 bits per heavy atom. The first-order valence-electron chi connectivity index (χ1n) is 19.5. The van der Waals surface area contributed by atoms with E-state index in [1.54, 1.807) is 18.2 Å². The van der Waals surface area contributed by atoms with E-state index in [9.17, 15) is 10.1 Å². The first-order chi connectivity index (χ1) is 26.8. The van der Waals surface area contributed by atoms with E-state index in [1.807, 2.05) is 29.8 Å². The molecule has 6 fully saturated rings. The number of likely N-dealkylation sites (tertiary alicyclic amines) is 1. The van der Waals surface area contributed by atoms with Crippen molar-refractivity contribution in [3.05, 3.63) is 93.9 Å². The van der Waals surface area contributed by atoms with Crippen LogP contribution in [-0.2, 0) is 11.2 Å². The van der Waals surface area contributed by atoms with Crippen LogP contribution in [0.5, 0.6) is 0 Å². The maximum atomic E-state index is 17.4. The molecule has 6 unspecified atom stereocenters. The monoisotopic (exact) mass is 772 g/mol. The van der Waals surface area contributed by atoms with Gasteiger partial charge < -0.3 is 24.1 Å². The van der Waals surface area contributed by atoms with E-state index >= 15 is 4.39 Å².